The molecule has 6 heteroatoms. The second kappa shape index (κ2) is 47.6. The number of aliphatic hydroxyl groups excluding tert-OH is 2. The first-order valence-electron chi connectivity index (χ1n) is 25.5. The van der Waals surface area contributed by atoms with Crippen LogP contribution in [0, 0.1) is 0 Å². The van der Waals surface area contributed by atoms with Gasteiger partial charge in [-0.15, -0.1) is 0 Å². The van der Waals surface area contributed by atoms with Crippen LogP contribution in [-0.4, -0.2) is 46.9 Å². The fourth-order valence-corrected chi connectivity index (χ4v) is 7.52. The predicted octanol–water partition coefficient (Wildman–Crippen LogP) is 15.2. The van der Waals surface area contributed by atoms with Gasteiger partial charge in [0, 0.05) is 6.42 Å². The van der Waals surface area contributed by atoms with Crippen LogP contribution in [0.1, 0.15) is 245 Å². The normalized spacial score (nSPS) is 13.8. The first kappa shape index (κ1) is 57.6. The van der Waals surface area contributed by atoms with Crippen molar-refractivity contribution in [2.75, 3.05) is 6.61 Å². The van der Waals surface area contributed by atoms with Crippen molar-refractivity contribution in [2.45, 2.75) is 264 Å². The summed E-state index contributed by atoms with van der Waals surface area (Å²) in [6, 6.07) is -0.718. The maximum atomic E-state index is 13.2. The van der Waals surface area contributed by atoms with Gasteiger partial charge in [-0.25, -0.2) is 0 Å². The van der Waals surface area contributed by atoms with Gasteiger partial charge >= 0.3 is 5.97 Å². The second-order valence-electron chi connectivity index (χ2n) is 17.2. The van der Waals surface area contributed by atoms with E-state index in [0.29, 0.717) is 19.3 Å². The summed E-state index contributed by atoms with van der Waals surface area (Å²) in [6.07, 6.45) is 58.5. The molecule has 0 aromatic rings. The Morgan fingerprint density at radius 2 is 0.900 bits per heavy atom. The monoisotopic (exact) mass is 840 g/mol. The highest BCUT2D eigenvalue weighted by atomic mass is 16.5. The van der Waals surface area contributed by atoms with Gasteiger partial charge in [-0.05, 0) is 64.2 Å². The molecule has 0 aliphatic heterocycles. The number of hydrogen-bond donors (Lipinski definition) is 3. The predicted molar refractivity (Wildman–Crippen MR) is 259 cm³/mol. The van der Waals surface area contributed by atoms with Gasteiger partial charge in [0.25, 0.3) is 0 Å². The molecule has 0 aliphatic carbocycles. The number of carbonyl (C=O) groups is 2. The van der Waals surface area contributed by atoms with Crippen LogP contribution in [0.15, 0.2) is 60.8 Å². The number of carbonyl (C=O) groups excluding carboxylic acids is 2. The van der Waals surface area contributed by atoms with E-state index < -0.39 is 18.2 Å². The van der Waals surface area contributed by atoms with Gasteiger partial charge < -0.3 is 20.3 Å². The van der Waals surface area contributed by atoms with E-state index in [4.69, 9.17) is 4.74 Å². The van der Waals surface area contributed by atoms with Gasteiger partial charge in [0.1, 0.15) is 6.10 Å². The molecule has 60 heavy (non-hydrogen) atoms. The van der Waals surface area contributed by atoms with Crippen LogP contribution in [0.2, 0.25) is 0 Å². The van der Waals surface area contributed by atoms with E-state index in [2.05, 4.69) is 86.8 Å². The van der Waals surface area contributed by atoms with E-state index in [1.165, 1.54) is 116 Å². The molecule has 3 N–H and O–H groups in total. The maximum Gasteiger partial charge on any atom is 0.306 e. The summed E-state index contributed by atoms with van der Waals surface area (Å²) >= 11 is 0. The summed E-state index contributed by atoms with van der Waals surface area (Å²) in [7, 11) is 0. The Labute approximate surface area is 371 Å². The zero-order valence-corrected chi connectivity index (χ0v) is 39.6. The number of unbranched alkanes of at least 4 members (excludes halogenated alkanes) is 23. The van der Waals surface area contributed by atoms with Crippen molar-refractivity contribution >= 4 is 11.9 Å². The molecule has 0 saturated carbocycles. The molecular formula is C54H97NO5. The number of allylic oxidation sites excluding steroid dienone is 10. The Bertz CT molecular complexity index is 1080. The largest absolute Gasteiger partial charge is 0.462 e. The summed E-state index contributed by atoms with van der Waals surface area (Å²) < 4.78 is 5.90. The van der Waals surface area contributed by atoms with Gasteiger partial charge in [-0.1, -0.05) is 229 Å². The van der Waals surface area contributed by atoms with Crippen LogP contribution in [0.4, 0.5) is 0 Å². The van der Waals surface area contributed by atoms with Crippen molar-refractivity contribution in [1.29, 1.82) is 0 Å². The first-order chi connectivity index (χ1) is 29.5. The lowest BCUT2D eigenvalue weighted by Gasteiger charge is -2.24. The highest BCUT2D eigenvalue weighted by Gasteiger charge is 2.24. The van der Waals surface area contributed by atoms with E-state index in [0.717, 1.165) is 83.5 Å². The van der Waals surface area contributed by atoms with Gasteiger partial charge in [-0.3, -0.25) is 9.59 Å². The molecule has 0 heterocycles. The van der Waals surface area contributed by atoms with Crippen molar-refractivity contribution in [3.05, 3.63) is 60.8 Å². The third-order valence-electron chi connectivity index (χ3n) is 11.4. The molecule has 0 fully saturated rings. The van der Waals surface area contributed by atoms with Gasteiger partial charge in [0.05, 0.1) is 25.2 Å². The first-order valence-corrected chi connectivity index (χ1v) is 25.5. The molecule has 348 valence electrons. The fourth-order valence-electron chi connectivity index (χ4n) is 7.52. The summed E-state index contributed by atoms with van der Waals surface area (Å²) in [6.45, 7) is 6.35. The maximum absolute atomic E-state index is 13.2. The Hall–Kier alpha value is -2.44. The summed E-state index contributed by atoms with van der Waals surface area (Å²) in [5.41, 5.74) is 0. The Morgan fingerprint density at radius 3 is 1.33 bits per heavy atom. The molecule has 3 unspecified atom stereocenters. The molecule has 0 aliphatic rings. The SMILES string of the molecule is CC/C=C\C/C=C\C/C=C\C/C=C\C/C=C\CCCC(CC(=O)NC(CO)C(O)CCCCCCCCCCCCC)OC(=O)CCCCCCCCCCCCCCC. The third-order valence-corrected chi connectivity index (χ3v) is 11.4. The summed E-state index contributed by atoms with van der Waals surface area (Å²) in [4.78, 5) is 26.1. The van der Waals surface area contributed by atoms with Gasteiger partial charge in [-0.2, -0.15) is 0 Å². The number of amides is 1. The van der Waals surface area contributed by atoms with Crippen molar-refractivity contribution < 1.29 is 24.5 Å². The molecular weight excluding hydrogens is 743 g/mol. The highest BCUT2D eigenvalue weighted by Crippen LogP contribution is 2.17. The van der Waals surface area contributed by atoms with E-state index in [1.54, 1.807) is 0 Å². The second-order valence-corrected chi connectivity index (χ2v) is 17.2. The Balaban J connectivity index is 4.70. The van der Waals surface area contributed by atoms with E-state index in [-0.39, 0.29) is 24.9 Å². The van der Waals surface area contributed by atoms with Crippen LogP contribution in [0.25, 0.3) is 0 Å². The minimum atomic E-state index is -0.801. The standard InChI is InChI=1S/C54H97NO5/c1-4-7-10-13-16-19-22-24-25-26-27-29-31-33-36-39-42-45-50(60-54(59)47-44-41-38-35-32-28-23-20-17-14-11-8-5-2)48-53(58)55-51(49-56)52(57)46-43-40-37-34-30-21-18-15-12-9-6-3/h7,10,16,19,24-25,27,29,33,36,50-52,56-57H,4-6,8-9,11-15,17-18,20-23,26,28,30-32,34-35,37-49H2,1-3H3,(H,55,58)/b10-7-,19-16-,25-24-,29-27-,36-33-. The van der Waals surface area contributed by atoms with Gasteiger partial charge in [0.15, 0.2) is 0 Å². The van der Waals surface area contributed by atoms with E-state index >= 15 is 0 Å². The Morgan fingerprint density at radius 1 is 0.500 bits per heavy atom. The fraction of sp³-hybridized carbons (Fsp3) is 0.778. The quantitative estimate of drug-likeness (QED) is 0.0322. The molecule has 0 radical (unpaired) electrons. The molecule has 3 atom stereocenters. The number of rotatable bonds is 45. The zero-order valence-electron chi connectivity index (χ0n) is 39.6. The minimum absolute atomic E-state index is 0.0394. The average Bonchev–Trinajstić information content (AvgIpc) is 3.24. The smallest absolute Gasteiger partial charge is 0.306 e. The summed E-state index contributed by atoms with van der Waals surface area (Å²) in [5, 5.41) is 23.7. The molecule has 0 aromatic carbocycles. The third kappa shape index (κ3) is 42.3. The minimum Gasteiger partial charge on any atom is -0.462 e. The molecule has 6 nitrogen and oxygen atoms in total. The van der Waals surface area contributed by atoms with Crippen LogP contribution >= 0.6 is 0 Å². The molecule has 0 spiro atoms. The molecule has 1 amide bonds. The number of nitrogens with one attached hydrogen (secondary N) is 1. The van der Waals surface area contributed by atoms with Crippen LogP contribution < -0.4 is 5.32 Å². The number of hydrogen-bond acceptors (Lipinski definition) is 5. The lowest BCUT2D eigenvalue weighted by Crippen LogP contribution is -2.46. The molecule has 0 saturated heterocycles. The van der Waals surface area contributed by atoms with Crippen molar-refractivity contribution in [3.63, 3.8) is 0 Å². The number of aliphatic hydroxyl groups is 2. The van der Waals surface area contributed by atoms with Crippen molar-refractivity contribution in [1.82, 2.24) is 5.32 Å². The van der Waals surface area contributed by atoms with Crippen LogP contribution in [0.3, 0.4) is 0 Å². The molecule has 0 rings (SSSR count). The van der Waals surface area contributed by atoms with E-state index in [1.807, 2.05) is 0 Å². The lowest BCUT2D eigenvalue weighted by atomic mass is 10.0. The average molecular weight is 840 g/mol. The topological polar surface area (TPSA) is 95.9 Å². The van der Waals surface area contributed by atoms with Crippen LogP contribution in [-0.2, 0) is 14.3 Å². The molecule has 0 aromatic heterocycles. The molecule has 0 bridgehead atoms. The van der Waals surface area contributed by atoms with Crippen LogP contribution in [0.5, 0.6) is 0 Å². The van der Waals surface area contributed by atoms with Gasteiger partial charge in [0.2, 0.25) is 5.91 Å². The zero-order chi connectivity index (χ0) is 43.8. The van der Waals surface area contributed by atoms with Crippen molar-refractivity contribution in [2.24, 2.45) is 0 Å². The van der Waals surface area contributed by atoms with Crippen molar-refractivity contribution in [3.8, 4) is 0 Å². The summed E-state index contributed by atoms with van der Waals surface area (Å²) in [5.74, 6) is -0.526. The Kier molecular flexibility index (Phi) is 45.7. The number of esters is 1. The lowest BCUT2D eigenvalue weighted by molar-refractivity contribution is -0.151. The number of ether oxygens (including phenoxy) is 1. The highest BCUT2D eigenvalue weighted by molar-refractivity contribution is 5.77. The van der Waals surface area contributed by atoms with E-state index in [9.17, 15) is 19.8 Å².